The Morgan fingerprint density at radius 2 is 2.04 bits per heavy atom. The molecule has 0 bridgehead atoms. The molecule has 0 spiro atoms. The number of carbonyl (C=O) groups is 1. The Labute approximate surface area is 161 Å². The molecule has 6 nitrogen and oxygen atoms in total. The van der Waals surface area contributed by atoms with E-state index in [1.165, 1.54) is 0 Å². The number of carbonyl (C=O) groups excluding carboxylic acids is 1. The number of rotatable bonds is 6. The molecule has 1 aliphatic rings. The SMILES string of the molecule is Cl.NCC(NC(=O)c1nc(-c2cccs2)n(-c2ccccc2)n1)C1CC1. The average Bonchev–Trinajstić information content (AvgIpc) is 3.17. The normalized spacial score (nSPS) is 14.5. The first-order valence-corrected chi connectivity index (χ1v) is 9.21. The molecule has 1 amide bonds. The molecule has 1 aromatic carbocycles. The second-order valence-electron chi connectivity index (χ2n) is 6.14. The number of benzene rings is 1. The summed E-state index contributed by atoms with van der Waals surface area (Å²) < 4.78 is 1.72. The van der Waals surface area contributed by atoms with Crippen molar-refractivity contribution in [1.29, 1.82) is 0 Å². The van der Waals surface area contributed by atoms with Crippen LogP contribution in [-0.4, -0.2) is 33.3 Å². The number of hydrogen-bond donors (Lipinski definition) is 2. The summed E-state index contributed by atoms with van der Waals surface area (Å²) in [5, 5.41) is 9.43. The van der Waals surface area contributed by atoms with Gasteiger partial charge in [-0.1, -0.05) is 24.3 Å². The highest BCUT2D eigenvalue weighted by molar-refractivity contribution is 7.13. The van der Waals surface area contributed by atoms with Gasteiger partial charge in [0, 0.05) is 12.6 Å². The number of para-hydroxylation sites is 1. The molecule has 0 radical (unpaired) electrons. The van der Waals surface area contributed by atoms with E-state index in [1.807, 2.05) is 47.8 Å². The van der Waals surface area contributed by atoms with Gasteiger partial charge in [-0.05, 0) is 42.3 Å². The summed E-state index contributed by atoms with van der Waals surface area (Å²) in [6.45, 7) is 0.438. The molecule has 8 heteroatoms. The van der Waals surface area contributed by atoms with Crippen LogP contribution in [0.2, 0.25) is 0 Å². The van der Waals surface area contributed by atoms with Crippen molar-refractivity contribution in [2.45, 2.75) is 18.9 Å². The number of nitrogens with two attached hydrogens (primary N) is 1. The van der Waals surface area contributed by atoms with Crippen LogP contribution in [0.4, 0.5) is 0 Å². The van der Waals surface area contributed by atoms with Crippen molar-refractivity contribution >= 4 is 29.7 Å². The van der Waals surface area contributed by atoms with Crippen LogP contribution in [0.5, 0.6) is 0 Å². The molecule has 2 heterocycles. The molecule has 1 aliphatic carbocycles. The number of aromatic nitrogens is 3. The van der Waals surface area contributed by atoms with E-state index in [4.69, 9.17) is 5.73 Å². The molecule has 2 aromatic heterocycles. The van der Waals surface area contributed by atoms with E-state index in [0.717, 1.165) is 23.4 Å². The molecule has 1 atom stereocenters. The molecule has 1 saturated carbocycles. The van der Waals surface area contributed by atoms with Gasteiger partial charge in [0.05, 0.1) is 10.6 Å². The largest absolute Gasteiger partial charge is 0.345 e. The topological polar surface area (TPSA) is 85.8 Å². The third-order valence-corrected chi connectivity index (χ3v) is 5.18. The van der Waals surface area contributed by atoms with Crippen molar-refractivity contribution in [2.24, 2.45) is 11.7 Å². The summed E-state index contributed by atoms with van der Waals surface area (Å²) in [5.74, 6) is 1.06. The monoisotopic (exact) mass is 389 g/mol. The van der Waals surface area contributed by atoms with Crippen molar-refractivity contribution in [2.75, 3.05) is 6.54 Å². The number of halogens is 1. The first kappa shape index (κ1) is 18.6. The summed E-state index contributed by atoms with van der Waals surface area (Å²) in [4.78, 5) is 18.1. The number of thiophene rings is 1. The zero-order valence-corrected chi connectivity index (χ0v) is 15.7. The number of nitrogens with zero attached hydrogens (tertiary/aromatic N) is 3. The van der Waals surface area contributed by atoms with Gasteiger partial charge in [0.15, 0.2) is 5.82 Å². The number of nitrogens with one attached hydrogen (secondary N) is 1. The Kier molecular flexibility index (Phi) is 5.70. The Balaban J connectivity index is 0.00000196. The fraction of sp³-hybridized carbons (Fsp3) is 0.278. The Morgan fingerprint density at radius 1 is 1.27 bits per heavy atom. The van der Waals surface area contributed by atoms with Crippen LogP contribution in [0.3, 0.4) is 0 Å². The highest BCUT2D eigenvalue weighted by Crippen LogP contribution is 2.32. The summed E-state index contributed by atoms with van der Waals surface area (Å²) in [6, 6.07) is 13.6. The molecule has 0 saturated heterocycles. The van der Waals surface area contributed by atoms with Gasteiger partial charge in [-0.25, -0.2) is 9.67 Å². The van der Waals surface area contributed by atoms with E-state index < -0.39 is 0 Å². The molecule has 1 unspecified atom stereocenters. The molecule has 0 aliphatic heterocycles. The molecule has 1 fully saturated rings. The maximum absolute atomic E-state index is 12.6. The lowest BCUT2D eigenvalue weighted by atomic mass is 10.2. The quantitative estimate of drug-likeness (QED) is 0.678. The highest BCUT2D eigenvalue weighted by atomic mass is 35.5. The lowest BCUT2D eigenvalue weighted by Crippen LogP contribution is -2.42. The van der Waals surface area contributed by atoms with E-state index in [0.29, 0.717) is 18.3 Å². The van der Waals surface area contributed by atoms with Crippen molar-refractivity contribution in [3.63, 3.8) is 0 Å². The van der Waals surface area contributed by atoms with E-state index in [-0.39, 0.29) is 30.2 Å². The van der Waals surface area contributed by atoms with Crippen molar-refractivity contribution in [3.8, 4) is 16.4 Å². The molecular weight excluding hydrogens is 370 g/mol. The van der Waals surface area contributed by atoms with Crippen molar-refractivity contribution < 1.29 is 4.79 Å². The predicted molar refractivity (Wildman–Crippen MR) is 105 cm³/mol. The van der Waals surface area contributed by atoms with Crippen LogP contribution in [0.1, 0.15) is 23.5 Å². The average molecular weight is 390 g/mol. The van der Waals surface area contributed by atoms with Gasteiger partial charge in [-0.3, -0.25) is 4.79 Å². The second kappa shape index (κ2) is 7.99. The van der Waals surface area contributed by atoms with Gasteiger partial charge in [-0.2, -0.15) is 0 Å². The lowest BCUT2D eigenvalue weighted by Gasteiger charge is -2.14. The van der Waals surface area contributed by atoms with Crippen molar-refractivity contribution in [3.05, 3.63) is 53.7 Å². The third-order valence-electron chi connectivity index (χ3n) is 4.31. The van der Waals surface area contributed by atoms with Gasteiger partial charge in [-0.15, -0.1) is 28.8 Å². The maximum atomic E-state index is 12.6. The predicted octanol–water partition coefficient (Wildman–Crippen LogP) is 2.88. The Bertz CT molecular complexity index is 861. The van der Waals surface area contributed by atoms with E-state index in [1.54, 1.807) is 16.0 Å². The summed E-state index contributed by atoms with van der Waals surface area (Å²) in [5.41, 5.74) is 6.65. The Morgan fingerprint density at radius 3 is 2.65 bits per heavy atom. The van der Waals surface area contributed by atoms with Gasteiger partial charge >= 0.3 is 0 Å². The third kappa shape index (κ3) is 3.80. The highest BCUT2D eigenvalue weighted by Gasteiger charge is 2.32. The summed E-state index contributed by atoms with van der Waals surface area (Å²) >= 11 is 1.57. The van der Waals surface area contributed by atoms with Gasteiger partial charge in [0.2, 0.25) is 5.82 Å². The standard InChI is InChI=1S/C18H19N5OS.ClH/c19-11-14(12-8-9-12)20-18(24)16-21-17(15-7-4-10-25-15)23(22-16)13-5-2-1-3-6-13;/h1-7,10,12,14H,8-9,11,19H2,(H,20,24);1H. The zero-order chi connectivity index (χ0) is 17.2. The molecular formula is C18H20ClN5OS. The van der Waals surface area contributed by atoms with Crippen LogP contribution in [0.15, 0.2) is 47.8 Å². The fourth-order valence-electron chi connectivity index (χ4n) is 2.82. The van der Waals surface area contributed by atoms with Gasteiger partial charge in [0.1, 0.15) is 0 Å². The van der Waals surface area contributed by atoms with Crippen molar-refractivity contribution in [1.82, 2.24) is 20.1 Å². The van der Waals surface area contributed by atoms with E-state index in [9.17, 15) is 4.79 Å². The van der Waals surface area contributed by atoms with Crippen LogP contribution in [-0.2, 0) is 0 Å². The molecule has 4 rings (SSSR count). The first-order valence-electron chi connectivity index (χ1n) is 8.33. The maximum Gasteiger partial charge on any atom is 0.291 e. The van der Waals surface area contributed by atoms with Crippen LogP contribution in [0.25, 0.3) is 16.4 Å². The smallest absolute Gasteiger partial charge is 0.291 e. The van der Waals surface area contributed by atoms with E-state index >= 15 is 0 Å². The van der Waals surface area contributed by atoms with E-state index in [2.05, 4.69) is 15.4 Å². The number of amides is 1. The van der Waals surface area contributed by atoms with Gasteiger partial charge in [0.25, 0.3) is 5.91 Å². The summed E-state index contributed by atoms with van der Waals surface area (Å²) in [6.07, 6.45) is 2.24. The minimum atomic E-state index is -0.269. The minimum absolute atomic E-state index is 0. The first-order chi connectivity index (χ1) is 12.3. The second-order valence-corrected chi connectivity index (χ2v) is 7.08. The fourth-order valence-corrected chi connectivity index (χ4v) is 3.52. The lowest BCUT2D eigenvalue weighted by molar-refractivity contribution is 0.0923. The van der Waals surface area contributed by atoms with Gasteiger partial charge < -0.3 is 11.1 Å². The zero-order valence-electron chi connectivity index (χ0n) is 14.0. The molecule has 26 heavy (non-hydrogen) atoms. The Hall–Kier alpha value is -2.22. The number of hydrogen-bond acceptors (Lipinski definition) is 5. The van der Waals surface area contributed by atoms with Crippen LogP contribution >= 0.6 is 23.7 Å². The van der Waals surface area contributed by atoms with Crippen LogP contribution < -0.4 is 11.1 Å². The molecule has 3 aromatic rings. The minimum Gasteiger partial charge on any atom is -0.345 e. The van der Waals surface area contributed by atoms with Crippen LogP contribution in [0, 0.1) is 5.92 Å². The summed E-state index contributed by atoms with van der Waals surface area (Å²) in [7, 11) is 0. The molecule has 3 N–H and O–H groups in total. The molecule has 136 valence electrons.